The Morgan fingerprint density at radius 2 is 2.31 bits per heavy atom. The van der Waals surface area contributed by atoms with E-state index in [9.17, 15) is 8.42 Å². The summed E-state index contributed by atoms with van der Waals surface area (Å²) in [5.74, 6) is 0. The van der Waals surface area contributed by atoms with E-state index in [1.54, 1.807) is 0 Å². The molecule has 0 aromatic heterocycles. The molecular weight excluding hydrogens is 234 g/mol. The third-order valence-electron chi connectivity index (χ3n) is 2.06. The van der Waals surface area contributed by atoms with Crippen molar-refractivity contribution in [2.24, 2.45) is 0 Å². The van der Waals surface area contributed by atoms with E-state index < -0.39 is 10.1 Å². The normalized spacial score (nSPS) is 19.4. The Bertz CT molecular complexity index is 469. The zero-order valence-electron chi connectivity index (χ0n) is 8.29. The van der Waals surface area contributed by atoms with Crippen LogP contribution >= 0.6 is 0 Å². The monoisotopic (exact) mass is 245 g/mol. The van der Waals surface area contributed by atoms with Crippen molar-refractivity contribution in [3.63, 3.8) is 0 Å². The van der Waals surface area contributed by atoms with Gasteiger partial charge in [-0.15, -0.1) is 0 Å². The van der Waals surface area contributed by atoms with Gasteiger partial charge in [0.15, 0.2) is 0 Å². The zero-order chi connectivity index (χ0) is 11.6. The third kappa shape index (κ3) is 2.70. The van der Waals surface area contributed by atoms with E-state index in [0.717, 1.165) is 0 Å². The minimum atomic E-state index is -3.78. The molecule has 88 valence electrons. The number of rotatable bonds is 5. The largest absolute Gasteiger partial charge is 0.371 e. The maximum Gasteiger partial charge on any atom is 0.297 e. The molecule has 0 bridgehead atoms. The van der Waals surface area contributed by atoms with Crippen LogP contribution in [0.15, 0.2) is 29.2 Å². The van der Waals surface area contributed by atoms with E-state index >= 15 is 0 Å². The first-order valence-corrected chi connectivity index (χ1v) is 6.04. The van der Waals surface area contributed by atoms with Crippen molar-refractivity contribution < 1.29 is 22.5 Å². The Kier molecular flexibility index (Phi) is 3.10. The van der Waals surface area contributed by atoms with Gasteiger partial charge in [-0.05, 0) is 18.2 Å². The lowest BCUT2D eigenvalue weighted by atomic mass is 10.3. The highest BCUT2D eigenvalue weighted by molar-refractivity contribution is 7.86. The lowest BCUT2D eigenvalue weighted by molar-refractivity contribution is 0.266. The lowest BCUT2D eigenvalue weighted by Gasteiger charge is -2.05. The molecular formula is C9H11NO5S. The highest BCUT2D eigenvalue weighted by Crippen LogP contribution is 2.19. The van der Waals surface area contributed by atoms with Gasteiger partial charge in [0, 0.05) is 0 Å². The van der Waals surface area contributed by atoms with Crippen molar-refractivity contribution in [1.82, 2.24) is 0 Å². The van der Waals surface area contributed by atoms with Crippen molar-refractivity contribution in [3.8, 4) is 0 Å². The quantitative estimate of drug-likeness (QED) is 0.448. The molecule has 1 aromatic rings. The van der Waals surface area contributed by atoms with E-state index in [4.69, 9.17) is 14.1 Å². The number of hydrogen-bond donors (Lipinski definition) is 2. The predicted molar refractivity (Wildman–Crippen MR) is 54.7 cm³/mol. The highest BCUT2D eigenvalue weighted by atomic mass is 32.2. The predicted octanol–water partition coefficient (Wildman–Crippen LogP) is 0.592. The smallest absolute Gasteiger partial charge is 0.297 e. The molecule has 0 aliphatic carbocycles. The maximum atomic E-state index is 11.6. The molecule has 0 amide bonds. The molecule has 1 heterocycles. The van der Waals surface area contributed by atoms with E-state index in [2.05, 4.69) is 0 Å². The average molecular weight is 245 g/mol. The second kappa shape index (κ2) is 4.38. The summed E-state index contributed by atoms with van der Waals surface area (Å²) in [7, 11) is -3.78. The van der Waals surface area contributed by atoms with Crippen molar-refractivity contribution in [3.05, 3.63) is 24.3 Å². The number of benzene rings is 1. The van der Waals surface area contributed by atoms with Crippen LogP contribution in [0.25, 0.3) is 0 Å². The minimum Gasteiger partial charge on any atom is -0.371 e. The molecule has 1 aliphatic rings. The van der Waals surface area contributed by atoms with Gasteiger partial charge in [0.05, 0.1) is 23.8 Å². The summed E-state index contributed by atoms with van der Waals surface area (Å²) in [6, 6.07) is 5.71. The van der Waals surface area contributed by atoms with E-state index in [0.29, 0.717) is 6.61 Å². The van der Waals surface area contributed by atoms with Crippen LogP contribution in [0.5, 0.6) is 0 Å². The van der Waals surface area contributed by atoms with Gasteiger partial charge in [0.2, 0.25) is 0 Å². The Balaban J connectivity index is 2.13. The maximum absolute atomic E-state index is 11.6. The first-order valence-electron chi connectivity index (χ1n) is 4.63. The Morgan fingerprint density at radius 1 is 1.56 bits per heavy atom. The van der Waals surface area contributed by atoms with Gasteiger partial charge < -0.3 is 4.74 Å². The number of ether oxygens (including phenoxy) is 1. The Hall–Kier alpha value is -1.15. The van der Waals surface area contributed by atoms with Crippen LogP contribution in [0, 0.1) is 0 Å². The average Bonchev–Trinajstić information content (AvgIpc) is 3.10. The van der Waals surface area contributed by atoms with Crippen LogP contribution < -0.4 is 5.48 Å². The number of epoxide rings is 1. The molecule has 1 aliphatic heterocycles. The van der Waals surface area contributed by atoms with Crippen LogP contribution in [-0.2, 0) is 19.0 Å². The molecule has 1 aromatic carbocycles. The first kappa shape index (κ1) is 11.3. The van der Waals surface area contributed by atoms with E-state index in [1.165, 1.54) is 24.3 Å². The fourth-order valence-corrected chi connectivity index (χ4v) is 2.10. The van der Waals surface area contributed by atoms with Gasteiger partial charge in [-0.2, -0.15) is 8.42 Å². The van der Waals surface area contributed by atoms with Crippen LogP contribution in [-0.4, -0.2) is 32.9 Å². The van der Waals surface area contributed by atoms with Crippen LogP contribution in [0.1, 0.15) is 0 Å². The molecule has 6 nitrogen and oxygen atoms in total. The van der Waals surface area contributed by atoms with Gasteiger partial charge in [0.25, 0.3) is 10.1 Å². The molecule has 1 fully saturated rings. The molecule has 1 unspecified atom stereocenters. The van der Waals surface area contributed by atoms with E-state index in [-0.39, 0.29) is 23.3 Å². The summed E-state index contributed by atoms with van der Waals surface area (Å²) >= 11 is 0. The molecule has 2 N–H and O–H groups in total. The highest BCUT2D eigenvalue weighted by Gasteiger charge is 2.26. The fourth-order valence-electron chi connectivity index (χ4n) is 1.12. The SMILES string of the molecule is O=S(=O)(OCC1CO1)c1cccc(NO)c1. The van der Waals surface area contributed by atoms with Gasteiger partial charge in [-0.25, -0.2) is 0 Å². The second-order valence-corrected chi connectivity index (χ2v) is 4.95. The summed E-state index contributed by atoms with van der Waals surface area (Å²) in [6.45, 7) is 0.562. The molecule has 1 atom stereocenters. The summed E-state index contributed by atoms with van der Waals surface area (Å²) in [5, 5.41) is 8.65. The lowest BCUT2D eigenvalue weighted by Crippen LogP contribution is -2.11. The summed E-state index contributed by atoms with van der Waals surface area (Å²) < 4.78 is 32.9. The third-order valence-corrected chi connectivity index (χ3v) is 3.34. The molecule has 2 rings (SSSR count). The molecule has 7 heteroatoms. The van der Waals surface area contributed by atoms with Crippen LogP contribution in [0.4, 0.5) is 5.69 Å². The number of nitrogens with one attached hydrogen (secondary N) is 1. The summed E-state index contributed by atoms with van der Waals surface area (Å²) in [5.41, 5.74) is 2.16. The van der Waals surface area contributed by atoms with E-state index in [1.807, 2.05) is 5.48 Å². The number of anilines is 1. The molecule has 1 saturated heterocycles. The zero-order valence-corrected chi connectivity index (χ0v) is 9.11. The van der Waals surface area contributed by atoms with Crippen molar-refractivity contribution in [2.45, 2.75) is 11.0 Å². The van der Waals surface area contributed by atoms with Gasteiger partial charge in [-0.3, -0.25) is 14.9 Å². The van der Waals surface area contributed by atoms with Gasteiger partial charge in [-0.1, -0.05) is 6.07 Å². The topological polar surface area (TPSA) is 88.2 Å². The van der Waals surface area contributed by atoms with Crippen LogP contribution in [0.2, 0.25) is 0 Å². The standard InChI is InChI=1S/C9H11NO5S/c11-10-7-2-1-3-9(4-7)16(12,13)15-6-8-5-14-8/h1-4,8,10-11H,5-6H2. The van der Waals surface area contributed by atoms with Crippen LogP contribution in [0.3, 0.4) is 0 Å². The van der Waals surface area contributed by atoms with Crippen molar-refractivity contribution >= 4 is 15.8 Å². The second-order valence-electron chi connectivity index (χ2n) is 3.33. The van der Waals surface area contributed by atoms with Gasteiger partial charge in [0.1, 0.15) is 6.10 Å². The first-order chi connectivity index (χ1) is 7.62. The fraction of sp³-hybridized carbons (Fsp3) is 0.333. The molecule has 0 radical (unpaired) electrons. The van der Waals surface area contributed by atoms with Crippen molar-refractivity contribution in [2.75, 3.05) is 18.7 Å². The summed E-state index contributed by atoms with van der Waals surface area (Å²) in [6.07, 6.45) is -0.117. The molecule has 0 saturated carbocycles. The van der Waals surface area contributed by atoms with Gasteiger partial charge >= 0.3 is 0 Å². The Morgan fingerprint density at radius 3 is 2.94 bits per heavy atom. The number of hydrogen-bond acceptors (Lipinski definition) is 6. The molecule has 16 heavy (non-hydrogen) atoms. The van der Waals surface area contributed by atoms with Crippen molar-refractivity contribution in [1.29, 1.82) is 0 Å². The Labute approximate surface area is 92.9 Å². The molecule has 0 spiro atoms. The minimum absolute atomic E-state index is 0.00722. The summed E-state index contributed by atoms with van der Waals surface area (Å²) in [4.78, 5) is -0.00722.